The van der Waals surface area contributed by atoms with Crippen molar-refractivity contribution in [3.63, 3.8) is 0 Å². The van der Waals surface area contributed by atoms with Crippen LogP contribution in [-0.2, 0) is 0 Å². The summed E-state index contributed by atoms with van der Waals surface area (Å²) in [6.07, 6.45) is 5.48. The molecule has 0 aromatic heterocycles. The first-order valence-electron chi connectivity index (χ1n) is 9.09. The zero-order valence-electron chi connectivity index (χ0n) is 15.4. The van der Waals surface area contributed by atoms with Gasteiger partial charge in [0.2, 0.25) is 5.92 Å². The number of alkyl halides is 2. The van der Waals surface area contributed by atoms with Gasteiger partial charge in [-0.2, -0.15) is 0 Å². The van der Waals surface area contributed by atoms with Gasteiger partial charge in [-0.25, -0.2) is 8.78 Å². The van der Waals surface area contributed by atoms with Gasteiger partial charge in [0.1, 0.15) is 0 Å². The zero-order valence-corrected chi connectivity index (χ0v) is 15.4. The maximum absolute atomic E-state index is 13.4. The van der Waals surface area contributed by atoms with E-state index in [0.717, 1.165) is 12.8 Å². The predicted octanol–water partition coefficient (Wildman–Crippen LogP) is 6.28. The van der Waals surface area contributed by atoms with Gasteiger partial charge in [-0.15, -0.1) is 0 Å². The molecule has 0 bridgehead atoms. The van der Waals surface area contributed by atoms with E-state index in [9.17, 15) is 8.78 Å². The fraction of sp³-hybridized carbons (Fsp3) is 1.00. The lowest BCUT2D eigenvalue weighted by Gasteiger charge is -2.40. The molecule has 0 aromatic rings. The van der Waals surface area contributed by atoms with Crippen molar-refractivity contribution in [2.45, 2.75) is 98.5 Å². The van der Waals surface area contributed by atoms with Crippen LogP contribution in [0.4, 0.5) is 8.78 Å². The minimum atomic E-state index is -2.45. The standard InChI is InChI=1S/C14H27F2N.2C2H6/c1-4-6-11(7-5-2)12-8-9-14(15,16)10-13(12)17-3;2*1-2/h11-13,17H,4-10H2,1-3H3;2*1-2H3. The molecule has 0 radical (unpaired) electrons. The van der Waals surface area contributed by atoms with Crippen LogP contribution in [0, 0.1) is 11.8 Å². The molecular formula is C18H39F2N. The van der Waals surface area contributed by atoms with E-state index in [1.54, 1.807) is 0 Å². The maximum Gasteiger partial charge on any atom is 0.249 e. The lowest BCUT2D eigenvalue weighted by atomic mass is 9.72. The third-order valence-electron chi connectivity index (χ3n) is 4.17. The molecule has 2 atom stereocenters. The van der Waals surface area contributed by atoms with Crippen molar-refractivity contribution in [2.75, 3.05) is 7.05 Å². The van der Waals surface area contributed by atoms with E-state index in [1.807, 2.05) is 34.7 Å². The van der Waals surface area contributed by atoms with Crippen LogP contribution < -0.4 is 5.32 Å². The smallest absolute Gasteiger partial charge is 0.249 e. The van der Waals surface area contributed by atoms with Crippen molar-refractivity contribution >= 4 is 0 Å². The van der Waals surface area contributed by atoms with Crippen molar-refractivity contribution in [1.29, 1.82) is 0 Å². The van der Waals surface area contributed by atoms with Crippen LogP contribution in [-0.4, -0.2) is 19.0 Å². The maximum atomic E-state index is 13.4. The molecule has 0 aromatic carbocycles. The van der Waals surface area contributed by atoms with E-state index in [2.05, 4.69) is 19.2 Å². The van der Waals surface area contributed by atoms with Crippen LogP contribution in [0.25, 0.3) is 0 Å². The van der Waals surface area contributed by atoms with E-state index in [1.165, 1.54) is 12.8 Å². The van der Waals surface area contributed by atoms with Gasteiger partial charge < -0.3 is 5.32 Å². The highest BCUT2D eigenvalue weighted by Crippen LogP contribution is 2.41. The lowest BCUT2D eigenvalue weighted by molar-refractivity contribution is -0.0664. The molecule has 0 amide bonds. The number of hydrogen-bond acceptors (Lipinski definition) is 1. The number of rotatable bonds is 6. The van der Waals surface area contributed by atoms with Gasteiger partial charge >= 0.3 is 0 Å². The molecule has 3 heteroatoms. The van der Waals surface area contributed by atoms with E-state index in [0.29, 0.717) is 18.3 Å². The fourth-order valence-electron chi connectivity index (χ4n) is 3.35. The first-order valence-corrected chi connectivity index (χ1v) is 9.09. The van der Waals surface area contributed by atoms with Crippen LogP contribution in [0.5, 0.6) is 0 Å². The summed E-state index contributed by atoms with van der Waals surface area (Å²) in [5, 5.41) is 3.13. The lowest BCUT2D eigenvalue weighted by Crippen LogP contribution is -2.46. The Morgan fingerprint density at radius 1 is 1.05 bits per heavy atom. The first-order chi connectivity index (χ1) is 10.0. The fourth-order valence-corrected chi connectivity index (χ4v) is 3.35. The Kier molecular flexibility index (Phi) is 14.8. The molecule has 1 rings (SSSR count). The highest BCUT2D eigenvalue weighted by Gasteiger charge is 2.42. The van der Waals surface area contributed by atoms with E-state index >= 15 is 0 Å². The van der Waals surface area contributed by atoms with Gasteiger partial charge in [0.05, 0.1) is 0 Å². The molecule has 1 aliphatic rings. The van der Waals surface area contributed by atoms with Crippen molar-refractivity contribution in [3.05, 3.63) is 0 Å². The summed E-state index contributed by atoms with van der Waals surface area (Å²) in [6.45, 7) is 12.4. The molecule has 1 N–H and O–H groups in total. The van der Waals surface area contributed by atoms with Gasteiger partial charge in [0.25, 0.3) is 0 Å². The molecule has 0 spiro atoms. The molecular weight excluding hydrogens is 268 g/mol. The average Bonchev–Trinajstić information content (AvgIpc) is 2.50. The van der Waals surface area contributed by atoms with Gasteiger partial charge in [0, 0.05) is 18.9 Å². The summed E-state index contributed by atoms with van der Waals surface area (Å²) >= 11 is 0. The second-order valence-electron chi connectivity index (χ2n) is 5.50. The monoisotopic (exact) mass is 307 g/mol. The number of hydrogen-bond donors (Lipinski definition) is 1. The van der Waals surface area contributed by atoms with Crippen molar-refractivity contribution < 1.29 is 8.78 Å². The van der Waals surface area contributed by atoms with Crippen molar-refractivity contribution in [2.24, 2.45) is 11.8 Å². The quantitative estimate of drug-likeness (QED) is 0.609. The SMILES string of the molecule is CC.CC.CCCC(CCC)C1CCC(F)(F)CC1NC. The summed E-state index contributed by atoms with van der Waals surface area (Å²) in [5.74, 6) is -1.38. The average molecular weight is 308 g/mol. The summed E-state index contributed by atoms with van der Waals surface area (Å²) in [5.41, 5.74) is 0. The van der Waals surface area contributed by atoms with Crippen LogP contribution in [0.1, 0.15) is 86.5 Å². The second kappa shape index (κ2) is 13.5. The predicted molar refractivity (Wildman–Crippen MR) is 91.1 cm³/mol. The molecule has 0 saturated heterocycles. The topological polar surface area (TPSA) is 12.0 Å². The van der Waals surface area contributed by atoms with E-state index < -0.39 is 5.92 Å². The summed E-state index contributed by atoms with van der Waals surface area (Å²) in [6, 6.07) is 0.00171. The van der Waals surface area contributed by atoms with Crippen LogP contribution >= 0.6 is 0 Å². The highest BCUT2D eigenvalue weighted by molar-refractivity contribution is 4.91. The summed E-state index contributed by atoms with van der Waals surface area (Å²) < 4.78 is 26.8. The molecule has 1 aliphatic carbocycles. The largest absolute Gasteiger partial charge is 0.316 e. The molecule has 130 valence electrons. The first kappa shape index (κ1) is 23.1. The highest BCUT2D eigenvalue weighted by atomic mass is 19.3. The van der Waals surface area contributed by atoms with Gasteiger partial charge in [0.15, 0.2) is 0 Å². The Labute approximate surface area is 132 Å². The molecule has 0 heterocycles. The Bertz CT molecular complexity index is 211. The van der Waals surface area contributed by atoms with Gasteiger partial charge in [-0.3, -0.25) is 0 Å². The molecule has 2 unspecified atom stereocenters. The third-order valence-corrected chi connectivity index (χ3v) is 4.17. The second-order valence-corrected chi connectivity index (χ2v) is 5.50. The summed E-state index contributed by atoms with van der Waals surface area (Å²) in [7, 11) is 1.83. The normalized spacial score (nSPS) is 23.7. The van der Waals surface area contributed by atoms with Crippen LogP contribution in [0.15, 0.2) is 0 Å². The van der Waals surface area contributed by atoms with Gasteiger partial charge in [-0.1, -0.05) is 67.2 Å². The number of nitrogens with one attached hydrogen (secondary N) is 1. The minimum absolute atomic E-state index is 0.00171. The Balaban J connectivity index is 0. The molecule has 21 heavy (non-hydrogen) atoms. The van der Waals surface area contributed by atoms with Crippen LogP contribution in [0.2, 0.25) is 0 Å². The number of halogens is 2. The Hall–Kier alpha value is -0.180. The summed E-state index contributed by atoms with van der Waals surface area (Å²) in [4.78, 5) is 0. The third kappa shape index (κ3) is 8.75. The molecule has 1 saturated carbocycles. The molecule has 0 aliphatic heterocycles. The van der Waals surface area contributed by atoms with E-state index in [4.69, 9.17) is 0 Å². The van der Waals surface area contributed by atoms with Gasteiger partial charge in [-0.05, 0) is 25.3 Å². The van der Waals surface area contributed by atoms with Crippen LogP contribution in [0.3, 0.4) is 0 Å². The Morgan fingerprint density at radius 2 is 1.52 bits per heavy atom. The van der Waals surface area contributed by atoms with Crippen molar-refractivity contribution in [1.82, 2.24) is 5.32 Å². The minimum Gasteiger partial charge on any atom is -0.316 e. The molecule has 1 nitrogen and oxygen atoms in total. The Morgan fingerprint density at radius 3 is 1.90 bits per heavy atom. The molecule has 1 fully saturated rings. The van der Waals surface area contributed by atoms with E-state index in [-0.39, 0.29) is 18.9 Å². The zero-order chi connectivity index (χ0) is 16.9. The van der Waals surface area contributed by atoms with Crippen molar-refractivity contribution in [3.8, 4) is 0 Å².